The number of ether oxygens (including phenoxy) is 2. The smallest absolute Gasteiger partial charge is 0.460 e. The molecule has 0 radical (unpaired) electrons. The van der Waals surface area contributed by atoms with Crippen LogP contribution in [0.25, 0.3) is 0 Å². The van der Waals surface area contributed by atoms with Crippen molar-refractivity contribution in [2.75, 3.05) is 13.7 Å². The van der Waals surface area contributed by atoms with Crippen molar-refractivity contribution in [1.82, 2.24) is 0 Å². The van der Waals surface area contributed by atoms with Gasteiger partial charge in [-0.25, -0.2) is 4.79 Å². The van der Waals surface area contributed by atoms with Gasteiger partial charge in [-0.3, -0.25) is 0 Å². The van der Waals surface area contributed by atoms with Gasteiger partial charge in [0.1, 0.15) is 5.75 Å². The molecule has 0 aliphatic rings. The number of carbonyl (C=O) groups is 1. The zero-order chi connectivity index (χ0) is 26.8. The Bertz CT molecular complexity index is 832. The molecule has 0 aliphatic heterocycles. The summed E-state index contributed by atoms with van der Waals surface area (Å²) in [7, 11) is 1.10. The third-order valence-electron chi connectivity index (χ3n) is 4.43. The summed E-state index contributed by atoms with van der Waals surface area (Å²) in [5.74, 6) is -37.4. The molecule has 0 aliphatic carbocycles. The van der Waals surface area contributed by atoms with Gasteiger partial charge < -0.3 is 9.47 Å². The fourth-order valence-corrected chi connectivity index (χ4v) is 2.40. The molecule has 0 heterocycles. The average Bonchev–Trinajstić information content (AvgIpc) is 2.71. The molecule has 0 saturated heterocycles. The molecule has 0 bridgehead atoms. The van der Waals surface area contributed by atoms with Crippen LogP contribution in [0, 0.1) is 0 Å². The molecule has 1 aromatic rings. The maximum atomic E-state index is 13.6. The minimum atomic E-state index is -7.90. The molecule has 0 N–H and O–H groups in total. The number of hydrogen-bond acceptors (Lipinski definition) is 3. The molecule has 1 aromatic carbocycles. The van der Waals surface area contributed by atoms with Gasteiger partial charge in [0.2, 0.25) is 0 Å². The second-order valence-electron chi connectivity index (χ2n) is 6.82. The number of benzene rings is 1. The summed E-state index contributed by atoms with van der Waals surface area (Å²) in [4.78, 5) is 11.2. The van der Waals surface area contributed by atoms with Gasteiger partial charge in [-0.1, -0.05) is 0 Å². The number of alkyl halides is 13. The van der Waals surface area contributed by atoms with E-state index in [1.807, 2.05) is 0 Å². The van der Waals surface area contributed by atoms with Crippen molar-refractivity contribution in [2.24, 2.45) is 0 Å². The molecule has 16 heteroatoms. The number of hydrogen-bond donors (Lipinski definition) is 0. The van der Waals surface area contributed by atoms with Crippen molar-refractivity contribution < 1.29 is 71.3 Å². The van der Waals surface area contributed by atoms with Gasteiger partial charge in [-0.05, 0) is 37.1 Å². The molecule has 1 rings (SSSR count). The lowest BCUT2D eigenvalue weighted by molar-refractivity contribution is -0.440. The predicted octanol–water partition coefficient (Wildman–Crippen LogP) is 6.76. The maximum absolute atomic E-state index is 13.6. The van der Waals surface area contributed by atoms with Gasteiger partial charge in [0.05, 0.1) is 19.3 Å². The summed E-state index contributed by atoms with van der Waals surface area (Å²) < 4.78 is 178. The summed E-state index contributed by atoms with van der Waals surface area (Å²) in [6, 6.07) is 4.90. The molecule has 0 aromatic heterocycles. The van der Waals surface area contributed by atoms with Crippen LogP contribution in [-0.2, 0) is 4.74 Å². The van der Waals surface area contributed by atoms with Crippen LogP contribution in [0.15, 0.2) is 24.3 Å². The van der Waals surface area contributed by atoms with Crippen LogP contribution in [0.5, 0.6) is 5.75 Å². The van der Waals surface area contributed by atoms with E-state index in [1.165, 1.54) is 24.3 Å². The zero-order valence-corrected chi connectivity index (χ0v) is 16.8. The summed E-state index contributed by atoms with van der Waals surface area (Å²) in [5, 5.41) is 0. The Balaban J connectivity index is 2.82. The number of methoxy groups -OCH3 is 1. The molecular formula is C18H15F13O3. The Morgan fingerprint density at radius 1 is 0.706 bits per heavy atom. The molecule has 0 saturated carbocycles. The van der Waals surface area contributed by atoms with E-state index in [-0.39, 0.29) is 11.3 Å². The molecule has 0 amide bonds. The van der Waals surface area contributed by atoms with Crippen LogP contribution < -0.4 is 4.74 Å². The van der Waals surface area contributed by atoms with E-state index in [0.717, 1.165) is 7.11 Å². The lowest BCUT2D eigenvalue weighted by atomic mass is 9.92. The van der Waals surface area contributed by atoms with Crippen molar-refractivity contribution in [1.29, 1.82) is 0 Å². The van der Waals surface area contributed by atoms with E-state index in [0.29, 0.717) is 0 Å². The van der Waals surface area contributed by atoms with Crippen molar-refractivity contribution in [2.45, 2.75) is 55.1 Å². The molecule has 0 atom stereocenters. The average molecular weight is 526 g/mol. The van der Waals surface area contributed by atoms with E-state index >= 15 is 0 Å². The molecule has 3 nitrogen and oxygen atoms in total. The Kier molecular flexibility index (Phi) is 8.43. The summed E-state index contributed by atoms with van der Waals surface area (Å²) in [6.45, 7) is -0.502. The first kappa shape index (κ1) is 29.6. The first-order valence-electron chi connectivity index (χ1n) is 8.94. The summed E-state index contributed by atoms with van der Waals surface area (Å²) >= 11 is 0. The van der Waals surface area contributed by atoms with Gasteiger partial charge in [-0.2, -0.15) is 57.1 Å². The largest absolute Gasteiger partial charge is 0.494 e. The molecule has 0 unspecified atom stereocenters. The number of unbranched alkanes of at least 4 members (excludes halogenated alkanes) is 1. The number of rotatable bonds is 11. The highest BCUT2D eigenvalue weighted by Crippen LogP contribution is 2.60. The number of esters is 1. The maximum Gasteiger partial charge on any atom is 0.460 e. The minimum Gasteiger partial charge on any atom is -0.494 e. The number of carbonyl (C=O) groups excluding carboxylic acids is 1. The SMILES string of the molecule is COC(=O)c1ccc(OCCCCC(F)(F)C(F)(F)C(F)(F)C(F)(F)C(F)(F)C(F)(F)F)cc1. The van der Waals surface area contributed by atoms with E-state index in [4.69, 9.17) is 4.74 Å². The van der Waals surface area contributed by atoms with Gasteiger partial charge in [0, 0.05) is 6.42 Å². The van der Waals surface area contributed by atoms with Crippen LogP contribution in [0.4, 0.5) is 57.1 Å². The standard InChI is InChI=1S/C18H15F13O3/c1-33-12(32)10-4-6-11(7-5-10)34-9-3-2-8-13(19,20)14(21,22)15(23,24)16(25,26)17(27,28)18(29,30)31/h4-7H,2-3,8-9H2,1H3. The highest BCUT2D eigenvalue weighted by Gasteiger charge is 2.90. The van der Waals surface area contributed by atoms with Crippen LogP contribution in [0.3, 0.4) is 0 Å². The van der Waals surface area contributed by atoms with Gasteiger partial charge >= 0.3 is 41.8 Å². The van der Waals surface area contributed by atoms with Crippen molar-refractivity contribution in [3.8, 4) is 5.75 Å². The van der Waals surface area contributed by atoms with E-state index in [1.54, 1.807) is 0 Å². The molecule has 0 fully saturated rings. The van der Waals surface area contributed by atoms with E-state index in [9.17, 15) is 61.9 Å². The predicted molar refractivity (Wildman–Crippen MR) is 87.9 cm³/mol. The Labute approximate surface area is 182 Å². The van der Waals surface area contributed by atoms with Crippen molar-refractivity contribution in [3.05, 3.63) is 29.8 Å². The van der Waals surface area contributed by atoms with Crippen molar-refractivity contribution in [3.63, 3.8) is 0 Å². The molecule has 196 valence electrons. The quantitative estimate of drug-likeness (QED) is 0.182. The third kappa shape index (κ3) is 5.29. The fraction of sp³-hybridized carbons (Fsp3) is 0.611. The second kappa shape index (κ2) is 9.68. The molecule has 34 heavy (non-hydrogen) atoms. The lowest BCUT2D eigenvalue weighted by Gasteiger charge is -2.39. The summed E-state index contributed by atoms with van der Waals surface area (Å²) in [5.41, 5.74) is 0.102. The van der Waals surface area contributed by atoms with E-state index in [2.05, 4.69) is 4.74 Å². The second-order valence-corrected chi connectivity index (χ2v) is 6.82. The van der Waals surface area contributed by atoms with Gasteiger partial charge in [0.25, 0.3) is 0 Å². The van der Waals surface area contributed by atoms with E-state index < -0.39 is 67.6 Å². The zero-order valence-electron chi connectivity index (χ0n) is 16.8. The minimum absolute atomic E-state index is 0.0466. The van der Waals surface area contributed by atoms with Crippen LogP contribution in [0.2, 0.25) is 0 Å². The first-order chi connectivity index (χ1) is 15.2. The highest BCUT2D eigenvalue weighted by atomic mass is 19.4. The lowest BCUT2D eigenvalue weighted by Crippen LogP contribution is -2.70. The topological polar surface area (TPSA) is 35.5 Å². The highest BCUT2D eigenvalue weighted by molar-refractivity contribution is 5.89. The number of halogens is 13. The molecule has 0 spiro atoms. The van der Waals surface area contributed by atoms with Gasteiger partial charge in [-0.15, -0.1) is 0 Å². The van der Waals surface area contributed by atoms with Crippen LogP contribution in [0.1, 0.15) is 29.6 Å². The normalized spacial score (nSPS) is 14.2. The van der Waals surface area contributed by atoms with Crippen molar-refractivity contribution >= 4 is 5.97 Å². The van der Waals surface area contributed by atoms with Crippen LogP contribution in [-0.4, -0.2) is 55.5 Å². The van der Waals surface area contributed by atoms with Gasteiger partial charge in [0.15, 0.2) is 0 Å². The Hall–Kier alpha value is -2.42. The third-order valence-corrected chi connectivity index (χ3v) is 4.43. The summed E-state index contributed by atoms with van der Waals surface area (Å²) in [6.07, 6.45) is -11.4. The Morgan fingerprint density at radius 3 is 1.62 bits per heavy atom. The molecular weight excluding hydrogens is 511 g/mol. The Morgan fingerprint density at radius 2 is 1.18 bits per heavy atom. The monoisotopic (exact) mass is 526 g/mol. The fourth-order valence-electron chi connectivity index (χ4n) is 2.40. The first-order valence-corrected chi connectivity index (χ1v) is 8.94. The van der Waals surface area contributed by atoms with Crippen LogP contribution >= 0.6 is 0 Å².